The van der Waals surface area contributed by atoms with Crippen LogP contribution in [0.5, 0.6) is 0 Å². The monoisotopic (exact) mass is 278 g/mol. The lowest BCUT2D eigenvalue weighted by Gasteiger charge is -2.20. The van der Waals surface area contributed by atoms with Crippen molar-refractivity contribution in [1.29, 1.82) is 0 Å². The summed E-state index contributed by atoms with van der Waals surface area (Å²) >= 11 is 0. The van der Waals surface area contributed by atoms with Crippen LogP contribution in [-0.4, -0.2) is 55.1 Å². The summed E-state index contributed by atoms with van der Waals surface area (Å²) in [7, 11) is 0. The molecule has 0 aliphatic rings. The van der Waals surface area contributed by atoms with Crippen molar-refractivity contribution < 1.29 is 36.6 Å². The van der Waals surface area contributed by atoms with Gasteiger partial charge in [-0.25, -0.2) is 26.7 Å². The Morgan fingerprint density at radius 1 is 1.17 bits per heavy atom. The molecule has 0 amide bonds. The predicted molar refractivity (Wildman–Crippen MR) is 53.2 cm³/mol. The number of rotatable bonds is 9. The second kappa shape index (κ2) is 8.23. The molecular formula is C10H15F5O3. The molecule has 0 heterocycles. The fourth-order valence-corrected chi connectivity index (χ4v) is 1.15. The predicted octanol–water partition coefficient (Wildman–Crippen LogP) is 2.19. The molecule has 108 valence electrons. The van der Waals surface area contributed by atoms with Gasteiger partial charge in [0, 0.05) is 0 Å². The van der Waals surface area contributed by atoms with E-state index < -0.39 is 50.0 Å². The lowest BCUT2D eigenvalue weighted by Crippen LogP contribution is -2.39. The minimum absolute atomic E-state index is 0.00821. The summed E-state index contributed by atoms with van der Waals surface area (Å²) in [6.45, 7) is -1.36. The smallest absolute Gasteiger partial charge is 0.332 e. The van der Waals surface area contributed by atoms with Crippen molar-refractivity contribution in [3.05, 3.63) is 0 Å². The molecule has 0 rings (SSSR count). The zero-order chi connectivity index (χ0) is 14.3. The van der Waals surface area contributed by atoms with Gasteiger partial charge in [-0.3, -0.25) is 0 Å². The number of hydrogen-bond acceptors (Lipinski definition) is 2. The van der Waals surface area contributed by atoms with Crippen LogP contribution in [0.3, 0.4) is 0 Å². The van der Waals surface area contributed by atoms with Gasteiger partial charge in [0.2, 0.25) is 0 Å². The van der Waals surface area contributed by atoms with Gasteiger partial charge in [0.15, 0.2) is 30.8 Å². The normalized spacial score (nSPS) is 19.9. The molecular weight excluding hydrogens is 263 g/mol. The summed E-state index contributed by atoms with van der Waals surface area (Å²) in [4.78, 5) is 10.5. The van der Waals surface area contributed by atoms with Crippen LogP contribution in [0.15, 0.2) is 0 Å². The lowest BCUT2D eigenvalue weighted by atomic mass is 10.1. The fraction of sp³-hybridized carbons (Fsp3) is 0.900. The molecule has 0 aliphatic heterocycles. The number of carboxylic acid groups (broad SMARTS) is 1. The quantitative estimate of drug-likeness (QED) is 0.658. The van der Waals surface area contributed by atoms with Crippen LogP contribution in [0.25, 0.3) is 0 Å². The summed E-state index contributed by atoms with van der Waals surface area (Å²) in [6.07, 6.45) is -12.5. The summed E-state index contributed by atoms with van der Waals surface area (Å²) in [6, 6.07) is 0. The lowest BCUT2D eigenvalue weighted by molar-refractivity contribution is -0.152. The molecule has 0 saturated heterocycles. The molecule has 0 fully saturated rings. The summed E-state index contributed by atoms with van der Waals surface area (Å²) < 4.78 is 67.5. The molecule has 0 saturated carbocycles. The standard InChI is InChI=1S/C10H15F5O3/c1-2-7(10(16)17)18-4-6(13)9(15)8(14)5(12)3-11/h5-9H,2-4H2,1H3,(H,16,17). The van der Waals surface area contributed by atoms with Gasteiger partial charge in [-0.1, -0.05) is 6.92 Å². The first kappa shape index (κ1) is 17.1. The summed E-state index contributed by atoms with van der Waals surface area (Å²) in [5, 5.41) is 8.54. The Kier molecular flexibility index (Phi) is 7.81. The van der Waals surface area contributed by atoms with Crippen LogP contribution in [0.2, 0.25) is 0 Å². The number of carbonyl (C=O) groups is 1. The zero-order valence-corrected chi connectivity index (χ0v) is 9.66. The molecule has 0 spiro atoms. The Morgan fingerprint density at radius 3 is 2.06 bits per heavy atom. The van der Waals surface area contributed by atoms with Crippen LogP contribution in [-0.2, 0) is 9.53 Å². The molecule has 0 bridgehead atoms. The molecule has 0 aliphatic carbocycles. The molecule has 0 aromatic rings. The van der Waals surface area contributed by atoms with Crippen molar-refractivity contribution in [1.82, 2.24) is 0 Å². The number of halogens is 5. The highest BCUT2D eigenvalue weighted by molar-refractivity contribution is 5.72. The topological polar surface area (TPSA) is 46.5 Å². The van der Waals surface area contributed by atoms with E-state index in [4.69, 9.17) is 5.11 Å². The van der Waals surface area contributed by atoms with Crippen molar-refractivity contribution >= 4 is 5.97 Å². The Hall–Kier alpha value is -0.920. The summed E-state index contributed by atoms with van der Waals surface area (Å²) in [5.41, 5.74) is 0. The van der Waals surface area contributed by atoms with Crippen molar-refractivity contribution in [2.75, 3.05) is 13.3 Å². The Labute approximate surface area is 101 Å². The van der Waals surface area contributed by atoms with Crippen LogP contribution >= 0.6 is 0 Å². The zero-order valence-electron chi connectivity index (χ0n) is 9.66. The van der Waals surface area contributed by atoms with E-state index in [1.165, 1.54) is 6.92 Å². The molecule has 18 heavy (non-hydrogen) atoms. The van der Waals surface area contributed by atoms with E-state index in [2.05, 4.69) is 4.74 Å². The maximum Gasteiger partial charge on any atom is 0.332 e. The molecule has 5 unspecified atom stereocenters. The van der Waals surface area contributed by atoms with E-state index in [1.54, 1.807) is 0 Å². The number of ether oxygens (including phenoxy) is 1. The van der Waals surface area contributed by atoms with Gasteiger partial charge in [-0.05, 0) is 6.42 Å². The maximum absolute atomic E-state index is 13.1. The van der Waals surface area contributed by atoms with Gasteiger partial charge in [0.05, 0.1) is 6.61 Å². The van der Waals surface area contributed by atoms with E-state index in [9.17, 15) is 26.7 Å². The van der Waals surface area contributed by atoms with Gasteiger partial charge in [-0.2, -0.15) is 0 Å². The van der Waals surface area contributed by atoms with E-state index in [1.807, 2.05) is 0 Å². The molecule has 0 aromatic carbocycles. The van der Waals surface area contributed by atoms with Gasteiger partial charge in [-0.15, -0.1) is 0 Å². The molecule has 1 N–H and O–H groups in total. The average molecular weight is 278 g/mol. The highest BCUT2D eigenvalue weighted by atomic mass is 19.2. The van der Waals surface area contributed by atoms with E-state index in [0.717, 1.165) is 0 Å². The van der Waals surface area contributed by atoms with Crippen molar-refractivity contribution in [2.24, 2.45) is 0 Å². The second-order valence-corrected chi connectivity index (χ2v) is 3.64. The second-order valence-electron chi connectivity index (χ2n) is 3.64. The molecule has 8 heteroatoms. The number of alkyl halides is 5. The van der Waals surface area contributed by atoms with Crippen LogP contribution in [0.4, 0.5) is 22.0 Å². The van der Waals surface area contributed by atoms with Crippen LogP contribution in [0.1, 0.15) is 13.3 Å². The molecule has 3 nitrogen and oxygen atoms in total. The fourth-order valence-electron chi connectivity index (χ4n) is 1.15. The van der Waals surface area contributed by atoms with Gasteiger partial charge < -0.3 is 9.84 Å². The highest BCUT2D eigenvalue weighted by Crippen LogP contribution is 2.18. The van der Waals surface area contributed by atoms with Gasteiger partial charge >= 0.3 is 5.97 Å². The third kappa shape index (κ3) is 5.16. The molecule has 5 atom stereocenters. The van der Waals surface area contributed by atoms with Crippen LogP contribution in [0, 0.1) is 0 Å². The number of aliphatic carboxylic acids is 1. The minimum atomic E-state index is -2.95. The Balaban J connectivity index is 4.23. The van der Waals surface area contributed by atoms with Crippen molar-refractivity contribution in [2.45, 2.75) is 44.1 Å². The largest absolute Gasteiger partial charge is 0.479 e. The summed E-state index contributed by atoms with van der Waals surface area (Å²) in [5.74, 6) is -1.37. The number of carboxylic acids is 1. The molecule has 0 radical (unpaired) electrons. The third-order valence-electron chi connectivity index (χ3n) is 2.25. The van der Waals surface area contributed by atoms with E-state index >= 15 is 0 Å². The first-order valence-electron chi connectivity index (χ1n) is 5.31. The molecule has 0 aromatic heterocycles. The van der Waals surface area contributed by atoms with Crippen molar-refractivity contribution in [3.8, 4) is 0 Å². The minimum Gasteiger partial charge on any atom is -0.479 e. The maximum atomic E-state index is 13.1. The Morgan fingerprint density at radius 2 is 1.67 bits per heavy atom. The van der Waals surface area contributed by atoms with Crippen LogP contribution < -0.4 is 0 Å². The van der Waals surface area contributed by atoms with E-state index in [-0.39, 0.29) is 6.42 Å². The van der Waals surface area contributed by atoms with E-state index in [0.29, 0.717) is 0 Å². The average Bonchev–Trinajstić information content (AvgIpc) is 2.35. The van der Waals surface area contributed by atoms with Crippen molar-refractivity contribution in [3.63, 3.8) is 0 Å². The van der Waals surface area contributed by atoms with Gasteiger partial charge in [0.1, 0.15) is 6.67 Å². The Bertz CT molecular complexity index is 254. The SMILES string of the molecule is CCC(OCC(F)C(F)C(F)C(F)CF)C(=O)O. The third-order valence-corrected chi connectivity index (χ3v) is 2.25. The highest BCUT2D eigenvalue weighted by Gasteiger charge is 2.36. The van der Waals surface area contributed by atoms with Gasteiger partial charge in [0.25, 0.3) is 0 Å². The first-order valence-corrected chi connectivity index (χ1v) is 5.31. The first-order chi connectivity index (χ1) is 8.34. The number of hydrogen-bond donors (Lipinski definition) is 1.